The van der Waals surface area contributed by atoms with Crippen LogP contribution in [0.3, 0.4) is 0 Å². The number of rotatable bonds is 7. The van der Waals surface area contributed by atoms with Crippen molar-refractivity contribution in [1.29, 1.82) is 0 Å². The number of aromatic nitrogens is 1. The van der Waals surface area contributed by atoms with Crippen molar-refractivity contribution in [3.63, 3.8) is 0 Å². The number of nitrogens with zero attached hydrogens (tertiary/aromatic N) is 1. The van der Waals surface area contributed by atoms with Gasteiger partial charge in [-0.2, -0.15) is 0 Å². The summed E-state index contributed by atoms with van der Waals surface area (Å²) in [5, 5.41) is 10.8. The van der Waals surface area contributed by atoms with Gasteiger partial charge in [-0.25, -0.2) is 4.79 Å². The number of carboxylic acids is 1. The maximum Gasteiger partial charge on any atom is 0.352 e. The van der Waals surface area contributed by atoms with E-state index in [1.54, 1.807) is 53.1 Å². The number of carbonyl (C=O) groups is 2. The van der Waals surface area contributed by atoms with Crippen LogP contribution in [0.15, 0.2) is 65.5 Å². The fraction of sp³-hybridized carbons (Fsp3) is 0.207. The molecule has 1 N–H and O–H groups in total. The summed E-state index contributed by atoms with van der Waals surface area (Å²) in [5.74, 6) is 0.00561. The molecular formula is C29H25NO6. The lowest BCUT2D eigenvalue weighted by atomic mass is 9.97. The Morgan fingerprint density at radius 1 is 0.972 bits per heavy atom. The number of benzene rings is 3. The molecule has 0 radical (unpaired) electrons. The molecule has 4 aromatic rings. The first-order chi connectivity index (χ1) is 17.4. The summed E-state index contributed by atoms with van der Waals surface area (Å²) in [7, 11) is 0. The van der Waals surface area contributed by atoms with Crippen molar-refractivity contribution in [3.05, 3.63) is 104 Å². The summed E-state index contributed by atoms with van der Waals surface area (Å²) in [6.07, 6.45) is 0.811. The van der Waals surface area contributed by atoms with Crippen LogP contribution in [0.25, 0.3) is 10.9 Å². The molecular weight excluding hydrogens is 458 g/mol. The van der Waals surface area contributed by atoms with Crippen LogP contribution in [-0.4, -0.2) is 28.2 Å². The number of ketones is 1. The minimum atomic E-state index is -1.19. The number of aromatic carboxylic acids is 1. The SMILES string of the molecule is CCc1cc2c(cc1Cn1c(C(=O)O)c(Cc3cccc(C(C)=O)c3)c(=O)c3ccccc31)OCO2. The highest BCUT2D eigenvalue weighted by atomic mass is 16.7. The molecule has 1 aromatic heterocycles. The molecule has 2 heterocycles. The van der Waals surface area contributed by atoms with Crippen molar-refractivity contribution in [1.82, 2.24) is 4.57 Å². The number of carbonyl (C=O) groups excluding carboxylic acids is 1. The van der Waals surface area contributed by atoms with Gasteiger partial charge in [0.25, 0.3) is 0 Å². The minimum Gasteiger partial charge on any atom is -0.477 e. The molecule has 1 aliphatic rings. The minimum absolute atomic E-state index is 0.0633. The maximum absolute atomic E-state index is 13.6. The summed E-state index contributed by atoms with van der Waals surface area (Å²) >= 11 is 0. The Morgan fingerprint density at radius 2 is 1.69 bits per heavy atom. The highest BCUT2D eigenvalue weighted by molar-refractivity contribution is 5.94. The molecule has 7 nitrogen and oxygen atoms in total. The van der Waals surface area contributed by atoms with Gasteiger partial charge in [0, 0.05) is 29.5 Å². The van der Waals surface area contributed by atoms with E-state index < -0.39 is 5.97 Å². The van der Waals surface area contributed by atoms with Crippen LogP contribution in [0.1, 0.15) is 56.9 Å². The van der Waals surface area contributed by atoms with E-state index in [1.165, 1.54) is 6.92 Å². The van der Waals surface area contributed by atoms with E-state index in [9.17, 15) is 19.5 Å². The predicted octanol–water partition coefficient (Wildman–Crippen LogP) is 4.83. The van der Waals surface area contributed by atoms with Crippen LogP contribution in [0.5, 0.6) is 11.5 Å². The molecule has 0 amide bonds. The lowest BCUT2D eigenvalue weighted by molar-refractivity contribution is 0.0683. The Labute approximate surface area is 207 Å². The average Bonchev–Trinajstić information content (AvgIpc) is 3.33. The number of aryl methyl sites for hydroxylation is 1. The van der Waals surface area contributed by atoms with Crippen molar-refractivity contribution in [2.24, 2.45) is 0 Å². The van der Waals surface area contributed by atoms with Gasteiger partial charge in [-0.15, -0.1) is 0 Å². The smallest absolute Gasteiger partial charge is 0.352 e. The molecule has 36 heavy (non-hydrogen) atoms. The fourth-order valence-electron chi connectivity index (χ4n) is 4.80. The van der Waals surface area contributed by atoms with Crippen LogP contribution >= 0.6 is 0 Å². The molecule has 0 saturated carbocycles. The molecule has 0 atom stereocenters. The van der Waals surface area contributed by atoms with Crippen LogP contribution < -0.4 is 14.9 Å². The van der Waals surface area contributed by atoms with Gasteiger partial charge in [0.1, 0.15) is 5.69 Å². The zero-order valence-corrected chi connectivity index (χ0v) is 20.0. The van der Waals surface area contributed by atoms with Gasteiger partial charge in [-0.1, -0.05) is 37.3 Å². The topological polar surface area (TPSA) is 94.8 Å². The first kappa shape index (κ1) is 23.4. The second kappa shape index (κ2) is 9.34. The van der Waals surface area contributed by atoms with Gasteiger partial charge in [0.2, 0.25) is 6.79 Å². The number of para-hydroxylation sites is 1. The number of pyridine rings is 1. The molecule has 0 saturated heterocycles. The van der Waals surface area contributed by atoms with Crippen LogP contribution in [0.2, 0.25) is 0 Å². The quantitative estimate of drug-likeness (QED) is 0.378. The molecule has 5 rings (SSSR count). The second-order valence-corrected chi connectivity index (χ2v) is 8.83. The normalized spacial score (nSPS) is 12.2. The van der Waals surface area contributed by atoms with Crippen molar-refractivity contribution in [3.8, 4) is 11.5 Å². The van der Waals surface area contributed by atoms with Crippen LogP contribution in [-0.2, 0) is 19.4 Å². The highest BCUT2D eigenvalue weighted by Gasteiger charge is 2.24. The van der Waals surface area contributed by atoms with Gasteiger partial charge in [0.05, 0.1) is 5.52 Å². The summed E-state index contributed by atoms with van der Waals surface area (Å²) in [4.78, 5) is 38.1. The summed E-state index contributed by atoms with van der Waals surface area (Å²) in [6.45, 7) is 3.88. The maximum atomic E-state index is 13.6. The molecule has 3 aromatic carbocycles. The number of carboxylic acid groups (broad SMARTS) is 1. The molecule has 0 fully saturated rings. The molecule has 0 aliphatic carbocycles. The number of hydrogen-bond donors (Lipinski definition) is 1. The van der Waals surface area contributed by atoms with Crippen molar-refractivity contribution >= 4 is 22.7 Å². The monoisotopic (exact) mass is 483 g/mol. The average molecular weight is 484 g/mol. The van der Waals surface area contributed by atoms with Crippen molar-refractivity contribution in [2.45, 2.75) is 33.2 Å². The third-order valence-corrected chi connectivity index (χ3v) is 6.59. The van der Waals surface area contributed by atoms with E-state index in [0.717, 1.165) is 17.5 Å². The number of ether oxygens (including phenoxy) is 2. The molecule has 7 heteroatoms. The number of Topliss-reactive ketones (excluding diaryl/α,β-unsaturated/α-hetero) is 1. The molecule has 182 valence electrons. The zero-order valence-electron chi connectivity index (χ0n) is 20.0. The van der Waals surface area contributed by atoms with E-state index in [-0.39, 0.29) is 42.2 Å². The first-order valence-electron chi connectivity index (χ1n) is 11.8. The molecule has 0 bridgehead atoms. The van der Waals surface area contributed by atoms with E-state index in [4.69, 9.17) is 9.47 Å². The van der Waals surface area contributed by atoms with Gasteiger partial charge in [0.15, 0.2) is 22.7 Å². The van der Waals surface area contributed by atoms with Gasteiger partial charge in [-0.05, 0) is 60.4 Å². The summed E-state index contributed by atoms with van der Waals surface area (Å²) in [6, 6.07) is 17.8. The van der Waals surface area contributed by atoms with Crippen LogP contribution in [0, 0.1) is 0 Å². The standard InChI is InChI=1S/C29H25NO6/c1-3-19-13-25-26(36-16-35-25)14-21(19)15-30-24-10-5-4-9-22(24)28(32)23(27(30)29(33)34)12-18-7-6-8-20(11-18)17(2)31/h4-11,13-14H,3,12,15-16H2,1-2H3,(H,33,34). The second-order valence-electron chi connectivity index (χ2n) is 8.83. The van der Waals surface area contributed by atoms with Crippen molar-refractivity contribution in [2.75, 3.05) is 6.79 Å². The Kier molecular flexibility index (Phi) is 6.06. The van der Waals surface area contributed by atoms with Crippen molar-refractivity contribution < 1.29 is 24.2 Å². The van der Waals surface area contributed by atoms with E-state index in [2.05, 4.69) is 0 Å². The molecule has 0 spiro atoms. The zero-order chi connectivity index (χ0) is 25.4. The Bertz CT molecular complexity index is 1580. The van der Waals surface area contributed by atoms with E-state index in [1.807, 2.05) is 19.1 Å². The number of hydrogen-bond acceptors (Lipinski definition) is 5. The van der Waals surface area contributed by atoms with Gasteiger partial charge >= 0.3 is 5.97 Å². The van der Waals surface area contributed by atoms with E-state index >= 15 is 0 Å². The predicted molar refractivity (Wildman–Crippen MR) is 135 cm³/mol. The third kappa shape index (κ3) is 4.13. The Hall–Kier alpha value is -4.39. The third-order valence-electron chi connectivity index (χ3n) is 6.59. The van der Waals surface area contributed by atoms with E-state index in [0.29, 0.717) is 33.5 Å². The molecule has 1 aliphatic heterocycles. The lowest BCUT2D eigenvalue weighted by Gasteiger charge is -2.20. The van der Waals surface area contributed by atoms with Gasteiger partial charge in [-0.3, -0.25) is 9.59 Å². The van der Waals surface area contributed by atoms with Crippen LogP contribution in [0.4, 0.5) is 0 Å². The van der Waals surface area contributed by atoms with Gasteiger partial charge < -0.3 is 19.1 Å². The Morgan fingerprint density at radius 3 is 2.39 bits per heavy atom. The lowest BCUT2D eigenvalue weighted by Crippen LogP contribution is -2.25. The molecule has 0 unspecified atom stereocenters. The number of fused-ring (bicyclic) bond motifs is 2. The largest absolute Gasteiger partial charge is 0.477 e. The summed E-state index contributed by atoms with van der Waals surface area (Å²) in [5.41, 5.74) is 3.44. The fourth-order valence-corrected chi connectivity index (χ4v) is 4.80. The highest BCUT2D eigenvalue weighted by Crippen LogP contribution is 2.36. The Balaban J connectivity index is 1.73. The first-order valence-corrected chi connectivity index (χ1v) is 11.8. The summed E-state index contributed by atoms with van der Waals surface area (Å²) < 4.78 is 12.8.